The maximum Gasteiger partial charge on any atom is 0.331 e. The Kier molecular flexibility index (Phi) is 5.99. The van der Waals surface area contributed by atoms with Crippen LogP contribution in [0.15, 0.2) is 62.6 Å². The number of aromatic hydroxyl groups is 1. The lowest BCUT2D eigenvalue weighted by molar-refractivity contribution is -0.135. The zero-order chi connectivity index (χ0) is 26.7. The SMILES string of the molecule is COC(=O)C=C1SC(N=Nc2c(O)n3c4c(cc(F)cc24)C(C)(c2ccc(Cl)cc2)CC3(C)C)=NC1=O. The number of nitrogens with zero attached hydrogens (tertiary/aromatic N) is 4. The van der Waals surface area contributed by atoms with Crippen molar-refractivity contribution in [1.82, 2.24) is 4.57 Å². The summed E-state index contributed by atoms with van der Waals surface area (Å²) >= 11 is 6.97. The Morgan fingerprint density at radius 2 is 1.95 bits per heavy atom. The first-order valence-corrected chi connectivity index (χ1v) is 12.5. The van der Waals surface area contributed by atoms with Crippen LogP contribution in [0.4, 0.5) is 10.1 Å². The standard InChI is InChI=1S/C26H22ClFN4O4S/c1-25(2)12-26(3,13-5-7-14(27)8-6-13)17-10-15(28)9-16-20(23(35)32(25)21(16)17)30-31-24-29-22(34)18(37-24)11-19(33)36-4/h5-11,35H,12H2,1-4H3. The summed E-state index contributed by atoms with van der Waals surface area (Å²) in [6.07, 6.45) is 1.58. The Balaban J connectivity index is 1.65. The third kappa shape index (κ3) is 4.14. The van der Waals surface area contributed by atoms with Crippen LogP contribution in [0, 0.1) is 5.82 Å². The van der Waals surface area contributed by atoms with Gasteiger partial charge in [-0.3, -0.25) is 4.79 Å². The monoisotopic (exact) mass is 540 g/mol. The first-order chi connectivity index (χ1) is 17.4. The Hall–Kier alpha value is -3.50. The predicted octanol–water partition coefficient (Wildman–Crippen LogP) is 6.35. The normalized spacial score (nSPS) is 21.7. The van der Waals surface area contributed by atoms with E-state index in [1.807, 2.05) is 32.9 Å². The summed E-state index contributed by atoms with van der Waals surface area (Å²) in [5, 5.41) is 20.5. The first-order valence-electron chi connectivity index (χ1n) is 11.3. The molecule has 2 aromatic carbocycles. The molecule has 3 aromatic rings. The van der Waals surface area contributed by atoms with Crippen molar-refractivity contribution in [2.24, 2.45) is 15.2 Å². The lowest BCUT2D eigenvalue weighted by Crippen LogP contribution is -2.41. The van der Waals surface area contributed by atoms with E-state index in [1.54, 1.807) is 16.7 Å². The van der Waals surface area contributed by atoms with Gasteiger partial charge >= 0.3 is 5.97 Å². The van der Waals surface area contributed by atoms with Gasteiger partial charge in [0, 0.05) is 27.4 Å². The fourth-order valence-corrected chi connectivity index (χ4v) is 6.10. The summed E-state index contributed by atoms with van der Waals surface area (Å²) in [5.74, 6) is -2.00. The van der Waals surface area contributed by atoms with Crippen molar-refractivity contribution < 1.29 is 23.8 Å². The van der Waals surface area contributed by atoms with Gasteiger partial charge in [0.05, 0.1) is 17.5 Å². The van der Waals surface area contributed by atoms with E-state index in [0.717, 1.165) is 23.4 Å². The average molecular weight is 541 g/mol. The number of azo groups is 1. The van der Waals surface area contributed by atoms with Gasteiger partial charge in [0.15, 0.2) is 5.69 Å². The number of aliphatic imine (C=N–C) groups is 1. The molecule has 0 saturated heterocycles. The zero-order valence-electron chi connectivity index (χ0n) is 20.4. The van der Waals surface area contributed by atoms with Gasteiger partial charge in [0.1, 0.15) is 5.82 Å². The molecular formula is C26H22ClFN4O4S. The molecule has 0 saturated carbocycles. The minimum atomic E-state index is -0.697. The van der Waals surface area contributed by atoms with Crippen LogP contribution >= 0.6 is 23.4 Å². The Labute approximate surface area is 220 Å². The van der Waals surface area contributed by atoms with E-state index < -0.39 is 28.6 Å². The third-order valence-electron chi connectivity index (χ3n) is 6.74. The first kappa shape index (κ1) is 25.2. The molecule has 0 spiro atoms. The second kappa shape index (κ2) is 8.81. The molecule has 2 aliphatic heterocycles. The van der Waals surface area contributed by atoms with E-state index in [-0.39, 0.29) is 21.6 Å². The van der Waals surface area contributed by atoms with E-state index in [0.29, 0.717) is 27.9 Å². The molecule has 5 rings (SSSR count). The quantitative estimate of drug-likeness (QED) is 0.236. The number of carbonyl (C=O) groups is 2. The molecule has 11 heteroatoms. The highest BCUT2D eigenvalue weighted by atomic mass is 35.5. The number of carbonyl (C=O) groups excluding carboxylic acids is 2. The van der Waals surface area contributed by atoms with Gasteiger partial charge in [-0.2, -0.15) is 4.99 Å². The largest absolute Gasteiger partial charge is 0.493 e. The van der Waals surface area contributed by atoms with Crippen LogP contribution in [0.1, 0.15) is 38.3 Å². The second-order valence-electron chi connectivity index (χ2n) is 9.72. The Bertz CT molecular complexity index is 1580. The molecule has 2 aliphatic rings. The highest BCUT2D eigenvalue weighted by molar-refractivity contribution is 8.18. The number of amides is 1. The fraction of sp³-hybridized carbons (Fsp3) is 0.269. The number of halogens is 2. The van der Waals surface area contributed by atoms with E-state index in [9.17, 15) is 14.7 Å². The van der Waals surface area contributed by atoms with E-state index in [1.165, 1.54) is 19.2 Å². The van der Waals surface area contributed by atoms with Gasteiger partial charge in [-0.05, 0) is 67.4 Å². The van der Waals surface area contributed by atoms with E-state index in [4.69, 9.17) is 11.6 Å². The van der Waals surface area contributed by atoms with Crippen molar-refractivity contribution in [3.8, 4) is 5.88 Å². The lowest BCUT2D eigenvalue weighted by Gasteiger charge is -2.45. The highest BCUT2D eigenvalue weighted by Crippen LogP contribution is 2.55. The minimum absolute atomic E-state index is 0.0165. The Morgan fingerprint density at radius 1 is 1.24 bits per heavy atom. The molecule has 0 aliphatic carbocycles. The van der Waals surface area contributed by atoms with Crippen LogP contribution in [0.3, 0.4) is 0 Å². The second-order valence-corrected chi connectivity index (χ2v) is 11.2. The lowest BCUT2D eigenvalue weighted by atomic mass is 9.66. The number of aromatic nitrogens is 1. The maximum absolute atomic E-state index is 15.0. The highest BCUT2D eigenvalue weighted by Gasteiger charge is 2.45. The number of ether oxygens (including phenoxy) is 1. The molecule has 8 nitrogen and oxygen atoms in total. The van der Waals surface area contributed by atoms with Crippen molar-refractivity contribution in [3.05, 3.63) is 69.3 Å². The average Bonchev–Trinajstić information content (AvgIpc) is 3.32. The molecule has 190 valence electrons. The molecule has 1 unspecified atom stereocenters. The number of amidine groups is 1. The number of methoxy groups -OCH3 is 1. The van der Waals surface area contributed by atoms with Crippen molar-refractivity contribution in [2.75, 3.05) is 7.11 Å². The van der Waals surface area contributed by atoms with E-state index in [2.05, 4.69) is 20.0 Å². The number of benzene rings is 2. The van der Waals surface area contributed by atoms with Gasteiger partial charge in [-0.15, -0.1) is 10.2 Å². The van der Waals surface area contributed by atoms with Crippen molar-refractivity contribution in [2.45, 2.75) is 38.1 Å². The smallest absolute Gasteiger partial charge is 0.331 e. The summed E-state index contributed by atoms with van der Waals surface area (Å²) < 4.78 is 21.3. The number of hydrogen-bond acceptors (Lipinski definition) is 7. The summed E-state index contributed by atoms with van der Waals surface area (Å²) in [7, 11) is 1.20. The number of thioether (sulfide) groups is 1. The molecule has 0 fully saturated rings. The summed E-state index contributed by atoms with van der Waals surface area (Å²) in [6.45, 7) is 6.03. The number of rotatable bonds is 3. The van der Waals surface area contributed by atoms with Crippen LogP contribution < -0.4 is 0 Å². The molecule has 0 radical (unpaired) electrons. The van der Waals surface area contributed by atoms with Crippen LogP contribution in [-0.2, 0) is 25.3 Å². The summed E-state index contributed by atoms with van der Waals surface area (Å²) in [4.78, 5) is 27.4. The predicted molar refractivity (Wildman–Crippen MR) is 140 cm³/mol. The topological polar surface area (TPSA) is 106 Å². The van der Waals surface area contributed by atoms with Crippen LogP contribution in [-0.4, -0.2) is 33.8 Å². The van der Waals surface area contributed by atoms with Gasteiger partial charge in [-0.25, -0.2) is 9.18 Å². The Morgan fingerprint density at radius 3 is 2.62 bits per heavy atom. The summed E-state index contributed by atoms with van der Waals surface area (Å²) in [5.41, 5.74) is 1.20. The van der Waals surface area contributed by atoms with Gasteiger partial charge < -0.3 is 14.4 Å². The van der Waals surface area contributed by atoms with Gasteiger partial charge in [-0.1, -0.05) is 30.7 Å². The zero-order valence-corrected chi connectivity index (χ0v) is 21.9. The molecule has 0 bridgehead atoms. The minimum Gasteiger partial charge on any atom is -0.493 e. The van der Waals surface area contributed by atoms with Gasteiger partial charge in [0.2, 0.25) is 11.0 Å². The molecule has 1 N–H and O–H groups in total. The van der Waals surface area contributed by atoms with Gasteiger partial charge in [0.25, 0.3) is 5.91 Å². The molecular weight excluding hydrogens is 519 g/mol. The van der Waals surface area contributed by atoms with Crippen molar-refractivity contribution in [1.29, 1.82) is 0 Å². The van der Waals surface area contributed by atoms with Crippen LogP contribution in [0.5, 0.6) is 5.88 Å². The number of esters is 1. The van der Waals surface area contributed by atoms with Crippen LogP contribution in [0.2, 0.25) is 5.02 Å². The summed E-state index contributed by atoms with van der Waals surface area (Å²) in [6, 6.07) is 10.3. The molecule has 1 aromatic heterocycles. The maximum atomic E-state index is 15.0. The van der Waals surface area contributed by atoms with E-state index >= 15 is 4.39 Å². The fourth-order valence-electron chi connectivity index (χ4n) is 5.28. The van der Waals surface area contributed by atoms with Crippen molar-refractivity contribution >= 4 is 57.0 Å². The molecule has 1 atom stereocenters. The number of hydrogen-bond donors (Lipinski definition) is 1. The van der Waals surface area contributed by atoms with Crippen molar-refractivity contribution in [3.63, 3.8) is 0 Å². The molecule has 3 heterocycles. The van der Waals surface area contributed by atoms with Crippen LogP contribution in [0.25, 0.3) is 10.9 Å². The molecule has 1 amide bonds. The molecule has 37 heavy (non-hydrogen) atoms. The third-order valence-corrected chi connectivity index (χ3v) is 7.86.